The van der Waals surface area contributed by atoms with E-state index in [9.17, 15) is 4.79 Å². The molecule has 1 aliphatic rings. The molecular weight excluding hydrogens is 412 g/mol. The highest BCUT2D eigenvalue weighted by atomic mass is 32.1. The maximum atomic E-state index is 12.6. The molecule has 1 fully saturated rings. The number of likely N-dealkylation sites (N-methyl/N-ethyl adjacent to an activating group) is 1. The molecule has 4 rings (SSSR count). The quantitative estimate of drug-likeness (QED) is 0.551. The Morgan fingerprint density at radius 2 is 1.90 bits per heavy atom. The maximum absolute atomic E-state index is 12.6. The Morgan fingerprint density at radius 3 is 2.55 bits per heavy atom. The van der Waals surface area contributed by atoms with E-state index in [1.165, 1.54) is 0 Å². The molecule has 1 atom stereocenters. The minimum atomic E-state index is -0.146. The lowest BCUT2D eigenvalue weighted by molar-refractivity contribution is -0.134. The van der Waals surface area contributed by atoms with Gasteiger partial charge in [-0.2, -0.15) is 0 Å². The van der Waals surface area contributed by atoms with Gasteiger partial charge in [0.15, 0.2) is 5.82 Å². The number of likely N-dealkylation sites (tertiary alicyclic amines) is 1. The highest BCUT2D eigenvalue weighted by molar-refractivity contribution is 7.71. The maximum Gasteiger partial charge on any atom is 0.239 e. The Hall–Kier alpha value is -3.04. The predicted molar refractivity (Wildman–Crippen MR) is 121 cm³/mol. The third-order valence-corrected chi connectivity index (χ3v) is 5.91. The van der Waals surface area contributed by atoms with Crippen LogP contribution in [0.15, 0.2) is 48.8 Å². The van der Waals surface area contributed by atoms with Gasteiger partial charge in [0.2, 0.25) is 10.7 Å². The zero-order valence-corrected chi connectivity index (χ0v) is 18.7. The van der Waals surface area contributed by atoms with Crippen molar-refractivity contribution in [3.05, 3.63) is 53.6 Å². The first-order valence-electron chi connectivity index (χ1n) is 10.2. The molecule has 162 valence electrons. The van der Waals surface area contributed by atoms with Crippen molar-refractivity contribution in [1.82, 2.24) is 29.1 Å². The second-order valence-electron chi connectivity index (χ2n) is 7.72. The number of carbonyl (C=O) groups is 1. The Balaban J connectivity index is 1.75. The number of ether oxygens (including phenoxy) is 1. The summed E-state index contributed by atoms with van der Waals surface area (Å²) >= 11 is 5.84. The second kappa shape index (κ2) is 8.99. The molecule has 0 radical (unpaired) electrons. The summed E-state index contributed by atoms with van der Waals surface area (Å²) in [5, 5.41) is 4.85. The van der Waals surface area contributed by atoms with Crippen LogP contribution in [0.25, 0.3) is 17.1 Å². The molecule has 0 N–H and O–H groups in total. The lowest BCUT2D eigenvalue weighted by Gasteiger charge is -2.25. The standard InChI is InChI=1S/C22H26N6O2S/c1-25(2)21(29)19-5-4-14-26(19)15-27-22(31)28(17-6-8-18(30-3)9-7-17)20(24-27)16-10-12-23-13-11-16/h6-13,19H,4-5,14-15H2,1-3H3/t19-/m1/s1. The third kappa shape index (κ3) is 4.24. The molecule has 3 aromatic rings. The van der Waals surface area contributed by atoms with Crippen molar-refractivity contribution < 1.29 is 9.53 Å². The molecule has 1 aliphatic heterocycles. The topological polar surface area (TPSA) is 68.4 Å². The Kier molecular flexibility index (Phi) is 6.15. The number of benzene rings is 1. The molecule has 2 aromatic heterocycles. The van der Waals surface area contributed by atoms with Crippen LogP contribution >= 0.6 is 12.2 Å². The zero-order chi connectivity index (χ0) is 22.0. The smallest absolute Gasteiger partial charge is 0.239 e. The highest BCUT2D eigenvalue weighted by Gasteiger charge is 2.32. The molecular formula is C22H26N6O2S. The number of hydrogen-bond donors (Lipinski definition) is 0. The van der Waals surface area contributed by atoms with Crippen molar-refractivity contribution in [2.24, 2.45) is 0 Å². The van der Waals surface area contributed by atoms with E-state index in [4.69, 9.17) is 22.1 Å². The van der Waals surface area contributed by atoms with E-state index in [2.05, 4.69) is 9.88 Å². The Morgan fingerprint density at radius 1 is 1.19 bits per heavy atom. The number of amides is 1. The molecule has 3 heterocycles. The van der Waals surface area contributed by atoms with Crippen LogP contribution in [-0.4, -0.2) is 68.8 Å². The van der Waals surface area contributed by atoms with Crippen molar-refractivity contribution in [2.45, 2.75) is 25.6 Å². The van der Waals surface area contributed by atoms with Gasteiger partial charge in [0.05, 0.1) is 25.5 Å². The minimum Gasteiger partial charge on any atom is -0.497 e. The number of hydrogen-bond acceptors (Lipinski definition) is 6. The molecule has 0 unspecified atom stereocenters. The van der Waals surface area contributed by atoms with E-state index in [0.717, 1.165) is 42.2 Å². The average molecular weight is 439 g/mol. The molecule has 8 nitrogen and oxygen atoms in total. The van der Waals surface area contributed by atoms with Gasteiger partial charge in [-0.25, -0.2) is 4.68 Å². The van der Waals surface area contributed by atoms with Gasteiger partial charge in [-0.15, -0.1) is 5.10 Å². The third-order valence-electron chi connectivity index (χ3n) is 5.51. The van der Waals surface area contributed by atoms with Crippen molar-refractivity contribution >= 4 is 18.1 Å². The van der Waals surface area contributed by atoms with Crippen LogP contribution in [0.3, 0.4) is 0 Å². The fourth-order valence-corrected chi connectivity index (χ4v) is 4.19. The lowest BCUT2D eigenvalue weighted by atomic mass is 10.2. The monoisotopic (exact) mass is 438 g/mol. The normalized spacial score (nSPS) is 16.4. The van der Waals surface area contributed by atoms with Crippen LogP contribution in [0.1, 0.15) is 12.8 Å². The fraction of sp³-hybridized carbons (Fsp3) is 0.364. The summed E-state index contributed by atoms with van der Waals surface area (Å²) in [6.45, 7) is 1.30. The van der Waals surface area contributed by atoms with Gasteiger partial charge in [0.25, 0.3) is 0 Å². The van der Waals surface area contributed by atoms with E-state index >= 15 is 0 Å². The first-order chi connectivity index (χ1) is 15.0. The molecule has 9 heteroatoms. The molecule has 0 saturated carbocycles. The summed E-state index contributed by atoms with van der Waals surface area (Å²) in [7, 11) is 5.23. The van der Waals surface area contributed by atoms with Gasteiger partial charge in [-0.05, 0) is 61.5 Å². The van der Waals surface area contributed by atoms with Crippen LogP contribution in [0.4, 0.5) is 0 Å². The van der Waals surface area contributed by atoms with E-state index < -0.39 is 0 Å². The first kappa shape index (κ1) is 21.2. The number of pyridine rings is 1. The second-order valence-corrected chi connectivity index (χ2v) is 8.08. The van der Waals surface area contributed by atoms with E-state index in [1.54, 1.807) is 43.2 Å². The number of rotatable bonds is 6. The summed E-state index contributed by atoms with van der Waals surface area (Å²) in [5.41, 5.74) is 1.81. The van der Waals surface area contributed by atoms with Crippen LogP contribution < -0.4 is 4.74 Å². The first-order valence-corrected chi connectivity index (χ1v) is 10.6. The van der Waals surface area contributed by atoms with Crippen molar-refractivity contribution in [3.8, 4) is 22.8 Å². The number of nitrogens with zero attached hydrogens (tertiary/aromatic N) is 6. The van der Waals surface area contributed by atoms with Crippen molar-refractivity contribution in [2.75, 3.05) is 27.7 Å². The molecule has 0 spiro atoms. The number of carbonyl (C=O) groups excluding carboxylic acids is 1. The van der Waals surface area contributed by atoms with Crippen molar-refractivity contribution in [1.29, 1.82) is 0 Å². The number of aromatic nitrogens is 4. The van der Waals surface area contributed by atoms with Crippen LogP contribution in [0.5, 0.6) is 5.75 Å². The SMILES string of the molecule is COc1ccc(-n2c(-c3ccncc3)nn(CN3CCC[C@@H]3C(=O)N(C)C)c2=S)cc1. The predicted octanol–water partition coefficient (Wildman–Crippen LogP) is 2.98. The molecule has 0 aliphatic carbocycles. The van der Waals surface area contributed by atoms with Gasteiger partial charge in [0.1, 0.15) is 5.75 Å². The summed E-state index contributed by atoms with van der Waals surface area (Å²) in [6, 6.07) is 11.4. The summed E-state index contributed by atoms with van der Waals surface area (Å²) in [5.74, 6) is 1.62. The Bertz CT molecular complexity index is 1110. The minimum absolute atomic E-state index is 0.118. The van der Waals surface area contributed by atoms with Crippen LogP contribution in [-0.2, 0) is 11.5 Å². The van der Waals surface area contributed by atoms with Crippen molar-refractivity contribution in [3.63, 3.8) is 0 Å². The molecule has 1 amide bonds. The van der Waals surface area contributed by atoms with Gasteiger partial charge in [-0.1, -0.05) is 0 Å². The Labute approximate surface area is 186 Å². The van der Waals surface area contributed by atoms with E-state index in [-0.39, 0.29) is 11.9 Å². The van der Waals surface area contributed by atoms with Crippen LogP contribution in [0, 0.1) is 4.77 Å². The number of methoxy groups -OCH3 is 1. The van der Waals surface area contributed by atoms with Gasteiger partial charge < -0.3 is 9.64 Å². The van der Waals surface area contributed by atoms with Gasteiger partial charge in [0, 0.05) is 38.6 Å². The zero-order valence-electron chi connectivity index (χ0n) is 17.9. The summed E-state index contributed by atoms with van der Waals surface area (Å²) in [4.78, 5) is 20.5. The average Bonchev–Trinajstić information content (AvgIpc) is 3.38. The molecule has 31 heavy (non-hydrogen) atoms. The lowest BCUT2D eigenvalue weighted by Crippen LogP contribution is -2.43. The molecule has 1 saturated heterocycles. The van der Waals surface area contributed by atoms with E-state index in [0.29, 0.717) is 11.4 Å². The summed E-state index contributed by atoms with van der Waals surface area (Å²) < 4.78 is 9.61. The largest absolute Gasteiger partial charge is 0.497 e. The van der Waals surface area contributed by atoms with Gasteiger partial charge >= 0.3 is 0 Å². The molecule has 1 aromatic carbocycles. The van der Waals surface area contributed by atoms with Crippen LogP contribution in [0.2, 0.25) is 0 Å². The highest BCUT2D eigenvalue weighted by Crippen LogP contribution is 2.25. The van der Waals surface area contributed by atoms with Gasteiger partial charge in [-0.3, -0.25) is 19.2 Å². The summed E-state index contributed by atoms with van der Waals surface area (Å²) in [6.07, 6.45) is 5.30. The van der Waals surface area contributed by atoms with E-state index in [1.807, 2.05) is 41.0 Å². The fourth-order valence-electron chi connectivity index (χ4n) is 3.90. The molecule has 0 bridgehead atoms.